The third-order valence-electron chi connectivity index (χ3n) is 1.16. The van der Waals surface area contributed by atoms with E-state index >= 15 is 0 Å². The van der Waals surface area contributed by atoms with Gasteiger partial charge in [-0.1, -0.05) is 0 Å². The second kappa shape index (κ2) is 2.29. The molecule has 9 heavy (non-hydrogen) atoms. The molecule has 2 nitrogen and oxygen atoms in total. The molecule has 0 saturated heterocycles. The van der Waals surface area contributed by atoms with E-state index in [1.54, 1.807) is 27.7 Å². The number of hydrogen-bond donors (Lipinski definition) is 0. The molecule has 0 heterocycles. The van der Waals surface area contributed by atoms with Gasteiger partial charge >= 0.3 is 0 Å². The van der Waals surface area contributed by atoms with Gasteiger partial charge in [-0.3, -0.25) is 0 Å². The highest BCUT2D eigenvalue weighted by molar-refractivity contribution is 7.94. The average Bonchev–Trinajstić information content (AvgIpc) is 1.64. The fraction of sp³-hybridized carbons (Fsp3) is 0.833. The third-order valence-corrected chi connectivity index (χ3v) is 3.49. The Morgan fingerprint density at radius 3 is 1.56 bits per heavy atom. The molecule has 0 bridgehead atoms. The molecule has 0 aromatic heterocycles. The van der Waals surface area contributed by atoms with Crippen LogP contribution in [0.3, 0.4) is 0 Å². The van der Waals surface area contributed by atoms with Gasteiger partial charge in [0.1, 0.15) is 0 Å². The zero-order valence-corrected chi connectivity index (χ0v) is 7.12. The normalized spacial score (nSPS) is 13.8. The van der Waals surface area contributed by atoms with Gasteiger partial charge in [0.25, 0.3) is 0 Å². The molecular formula is C6H13O2S. The lowest BCUT2D eigenvalue weighted by molar-refractivity contribution is 0.566. The van der Waals surface area contributed by atoms with Crippen molar-refractivity contribution in [2.75, 3.05) is 0 Å². The number of hydrogen-bond acceptors (Lipinski definition) is 2. The monoisotopic (exact) mass is 149 g/mol. The van der Waals surface area contributed by atoms with Crippen molar-refractivity contribution in [3.05, 3.63) is 5.75 Å². The topological polar surface area (TPSA) is 34.1 Å². The molecule has 0 aliphatic rings. The maximum absolute atomic E-state index is 11.0. The molecule has 0 aromatic rings. The van der Waals surface area contributed by atoms with E-state index < -0.39 is 14.6 Å². The average molecular weight is 149 g/mol. The molecule has 0 atom stereocenters. The summed E-state index contributed by atoms with van der Waals surface area (Å²) in [5.74, 6) is 1.24. The Balaban J connectivity index is 4.57. The van der Waals surface area contributed by atoms with Crippen molar-refractivity contribution in [2.45, 2.75) is 32.4 Å². The first-order valence-electron chi connectivity index (χ1n) is 2.85. The van der Waals surface area contributed by atoms with Crippen LogP contribution in [0.15, 0.2) is 0 Å². The van der Waals surface area contributed by atoms with Crippen molar-refractivity contribution in [1.29, 1.82) is 0 Å². The molecule has 0 aliphatic heterocycles. The van der Waals surface area contributed by atoms with Crippen LogP contribution in [-0.2, 0) is 9.84 Å². The van der Waals surface area contributed by atoms with E-state index in [-0.39, 0.29) is 0 Å². The molecule has 0 aliphatic carbocycles. The highest BCUT2D eigenvalue weighted by Crippen LogP contribution is 2.17. The van der Waals surface area contributed by atoms with Gasteiger partial charge in [-0.15, -0.1) is 0 Å². The Bertz CT molecular complexity index is 172. The minimum Gasteiger partial charge on any atom is -0.228 e. The lowest BCUT2D eigenvalue weighted by Crippen LogP contribution is -2.26. The first kappa shape index (κ1) is 8.95. The summed E-state index contributed by atoms with van der Waals surface area (Å²) in [4.78, 5) is 0. The summed E-state index contributed by atoms with van der Waals surface area (Å²) < 4.78 is 21.3. The fourth-order valence-corrected chi connectivity index (χ4v) is 1.06. The molecule has 1 radical (unpaired) electrons. The van der Waals surface area contributed by atoms with E-state index in [1.165, 1.54) is 5.75 Å². The van der Waals surface area contributed by atoms with Crippen LogP contribution < -0.4 is 0 Å². The van der Waals surface area contributed by atoms with Crippen molar-refractivity contribution < 1.29 is 8.42 Å². The van der Waals surface area contributed by atoms with Crippen molar-refractivity contribution in [3.8, 4) is 0 Å². The molecule has 0 saturated carbocycles. The smallest absolute Gasteiger partial charge is 0.159 e. The van der Waals surface area contributed by atoms with Crippen LogP contribution in [-0.4, -0.2) is 13.2 Å². The van der Waals surface area contributed by atoms with Gasteiger partial charge in [-0.25, -0.2) is 8.42 Å². The standard InChI is InChI=1S/C6H13O2S/c1-5-9(7,8)6(2,3)4/h5H,1-4H3. The second-order valence-corrected chi connectivity index (χ2v) is 5.68. The highest BCUT2D eigenvalue weighted by atomic mass is 32.2. The summed E-state index contributed by atoms with van der Waals surface area (Å²) >= 11 is 0. The van der Waals surface area contributed by atoms with Crippen LogP contribution in [0, 0.1) is 5.75 Å². The van der Waals surface area contributed by atoms with Crippen molar-refractivity contribution in [2.24, 2.45) is 0 Å². The lowest BCUT2D eigenvalue weighted by Gasteiger charge is -2.16. The van der Waals surface area contributed by atoms with Crippen LogP contribution in [0.4, 0.5) is 0 Å². The van der Waals surface area contributed by atoms with Crippen molar-refractivity contribution in [1.82, 2.24) is 0 Å². The zero-order valence-electron chi connectivity index (χ0n) is 6.30. The molecule has 0 spiro atoms. The van der Waals surface area contributed by atoms with Gasteiger partial charge in [0.15, 0.2) is 9.84 Å². The number of sulfone groups is 1. The van der Waals surface area contributed by atoms with Crippen molar-refractivity contribution in [3.63, 3.8) is 0 Å². The van der Waals surface area contributed by atoms with E-state index in [0.29, 0.717) is 0 Å². The molecule has 55 valence electrons. The third kappa shape index (κ3) is 1.97. The number of rotatable bonds is 1. The minimum absolute atomic E-state index is 0.637. The Kier molecular flexibility index (Phi) is 2.28. The van der Waals surface area contributed by atoms with Gasteiger partial charge in [-0.2, -0.15) is 0 Å². The molecule has 0 N–H and O–H groups in total. The highest BCUT2D eigenvalue weighted by Gasteiger charge is 2.26. The molecule has 0 amide bonds. The van der Waals surface area contributed by atoms with E-state index in [9.17, 15) is 8.42 Å². The molecule has 3 heteroatoms. The fourth-order valence-electron chi connectivity index (χ4n) is 0.354. The maximum atomic E-state index is 11.0. The van der Waals surface area contributed by atoms with Crippen LogP contribution in [0.2, 0.25) is 0 Å². The Morgan fingerprint density at radius 2 is 1.56 bits per heavy atom. The Morgan fingerprint density at radius 1 is 1.22 bits per heavy atom. The van der Waals surface area contributed by atoms with Crippen LogP contribution in [0.1, 0.15) is 27.7 Å². The summed E-state index contributed by atoms with van der Waals surface area (Å²) in [7, 11) is -2.96. The summed E-state index contributed by atoms with van der Waals surface area (Å²) in [5.41, 5.74) is 0. The van der Waals surface area contributed by atoms with Gasteiger partial charge < -0.3 is 0 Å². The van der Waals surface area contributed by atoms with Crippen molar-refractivity contribution >= 4 is 9.84 Å². The molecule has 0 aromatic carbocycles. The predicted octanol–water partition coefficient (Wildman–Crippen LogP) is 1.38. The van der Waals surface area contributed by atoms with Crippen LogP contribution in [0.25, 0.3) is 0 Å². The lowest BCUT2D eigenvalue weighted by atomic mass is 10.3. The molecular weight excluding hydrogens is 136 g/mol. The second-order valence-electron chi connectivity index (χ2n) is 2.89. The summed E-state index contributed by atoms with van der Waals surface area (Å²) in [5, 5.41) is 0. The maximum Gasteiger partial charge on any atom is 0.159 e. The van der Waals surface area contributed by atoms with E-state index in [0.717, 1.165) is 0 Å². The molecule has 0 unspecified atom stereocenters. The SMILES string of the molecule is C[CH]S(=O)(=O)C(C)(C)C. The van der Waals surface area contributed by atoms with Crippen LogP contribution >= 0.6 is 0 Å². The van der Waals surface area contributed by atoms with Gasteiger partial charge in [-0.05, 0) is 27.7 Å². The quantitative estimate of drug-likeness (QED) is 0.564. The summed E-state index contributed by atoms with van der Waals surface area (Å²) in [6, 6.07) is 0. The van der Waals surface area contributed by atoms with Gasteiger partial charge in [0.2, 0.25) is 0 Å². The molecule has 0 fully saturated rings. The van der Waals surface area contributed by atoms with E-state index in [1.807, 2.05) is 0 Å². The summed E-state index contributed by atoms with van der Waals surface area (Å²) in [6.45, 7) is 6.59. The Hall–Kier alpha value is -0.0500. The molecule has 0 rings (SSSR count). The van der Waals surface area contributed by atoms with E-state index in [2.05, 4.69) is 0 Å². The Labute approximate surface area is 57.2 Å². The largest absolute Gasteiger partial charge is 0.228 e. The predicted molar refractivity (Wildman–Crippen MR) is 38.6 cm³/mol. The first-order chi connectivity index (χ1) is 3.81. The first-order valence-corrected chi connectivity index (χ1v) is 4.40. The minimum atomic E-state index is -2.96. The zero-order chi connectivity index (χ0) is 7.71. The van der Waals surface area contributed by atoms with Gasteiger partial charge in [0, 0.05) is 0 Å². The van der Waals surface area contributed by atoms with Gasteiger partial charge in [0.05, 0.1) is 10.5 Å². The van der Waals surface area contributed by atoms with Crippen LogP contribution in [0.5, 0.6) is 0 Å². The van der Waals surface area contributed by atoms with E-state index in [4.69, 9.17) is 0 Å². The summed E-state index contributed by atoms with van der Waals surface area (Å²) in [6.07, 6.45) is 0.